The summed E-state index contributed by atoms with van der Waals surface area (Å²) < 4.78 is 28.0. The molecule has 26 heavy (non-hydrogen) atoms. The van der Waals surface area contributed by atoms with Crippen molar-refractivity contribution in [1.29, 1.82) is 0 Å². The minimum Gasteiger partial charge on any atom is -0.382 e. The molecule has 1 amide bonds. The summed E-state index contributed by atoms with van der Waals surface area (Å²) in [4.78, 5) is 14.6. The molecule has 2 aromatic rings. The average Bonchev–Trinajstić information content (AvgIpc) is 2.60. The van der Waals surface area contributed by atoms with Crippen LogP contribution < -0.4 is 4.18 Å². The van der Waals surface area contributed by atoms with Crippen molar-refractivity contribution >= 4 is 16.0 Å². The van der Waals surface area contributed by atoms with Crippen LogP contribution >= 0.6 is 0 Å². The summed E-state index contributed by atoms with van der Waals surface area (Å²) >= 11 is 0. The van der Waals surface area contributed by atoms with Gasteiger partial charge in [-0.05, 0) is 57.5 Å². The number of hydrogen-bond donors (Lipinski definition) is 0. The van der Waals surface area contributed by atoms with Crippen molar-refractivity contribution in [3.05, 3.63) is 65.2 Å². The first-order chi connectivity index (χ1) is 12.2. The third-order valence-electron chi connectivity index (χ3n) is 4.04. The van der Waals surface area contributed by atoms with Crippen LogP contribution in [0.1, 0.15) is 42.3 Å². The van der Waals surface area contributed by atoms with Gasteiger partial charge in [0.15, 0.2) is 0 Å². The molecule has 0 saturated heterocycles. The van der Waals surface area contributed by atoms with E-state index < -0.39 is 10.1 Å². The SMILES string of the molecule is CCS(=O)(=O)Oc1ccc(CN(C(=O)c2ccc(C)cc2)C(C)C)cc1. The monoisotopic (exact) mass is 375 g/mol. The zero-order valence-electron chi connectivity index (χ0n) is 15.6. The molecule has 0 unspecified atom stereocenters. The largest absolute Gasteiger partial charge is 0.382 e. The smallest absolute Gasteiger partial charge is 0.308 e. The summed E-state index contributed by atoms with van der Waals surface area (Å²) in [5.74, 6) is 0.159. The van der Waals surface area contributed by atoms with Gasteiger partial charge in [-0.15, -0.1) is 0 Å². The number of carbonyl (C=O) groups excluding carboxylic acids is 1. The molecule has 0 aliphatic carbocycles. The fourth-order valence-corrected chi connectivity index (χ4v) is 2.93. The van der Waals surface area contributed by atoms with Crippen molar-refractivity contribution in [2.75, 3.05) is 5.75 Å². The van der Waals surface area contributed by atoms with E-state index in [1.165, 1.54) is 6.92 Å². The Morgan fingerprint density at radius 1 is 1.04 bits per heavy atom. The van der Waals surface area contributed by atoms with E-state index in [2.05, 4.69) is 0 Å². The molecule has 0 aliphatic rings. The first kappa shape index (κ1) is 20.0. The lowest BCUT2D eigenvalue weighted by Crippen LogP contribution is -2.36. The van der Waals surface area contributed by atoms with Gasteiger partial charge in [-0.3, -0.25) is 4.79 Å². The maximum Gasteiger partial charge on any atom is 0.308 e. The number of amides is 1. The van der Waals surface area contributed by atoms with E-state index in [1.807, 2.05) is 45.0 Å². The molecular formula is C20H25NO4S. The minimum atomic E-state index is -3.54. The zero-order valence-corrected chi connectivity index (χ0v) is 16.4. The molecule has 2 aromatic carbocycles. The van der Waals surface area contributed by atoms with Crippen molar-refractivity contribution in [3.8, 4) is 5.75 Å². The van der Waals surface area contributed by atoms with E-state index in [1.54, 1.807) is 29.2 Å². The maximum atomic E-state index is 12.8. The zero-order chi connectivity index (χ0) is 19.3. The van der Waals surface area contributed by atoms with Gasteiger partial charge in [0, 0.05) is 18.2 Å². The van der Waals surface area contributed by atoms with E-state index in [0.717, 1.165) is 11.1 Å². The van der Waals surface area contributed by atoms with Crippen molar-refractivity contribution in [2.24, 2.45) is 0 Å². The lowest BCUT2D eigenvalue weighted by atomic mass is 10.1. The number of carbonyl (C=O) groups is 1. The van der Waals surface area contributed by atoms with Gasteiger partial charge >= 0.3 is 10.1 Å². The fourth-order valence-electron chi connectivity index (χ4n) is 2.40. The van der Waals surface area contributed by atoms with Crippen molar-refractivity contribution < 1.29 is 17.4 Å². The Kier molecular flexibility index (Phi) is 6.42. The molecule has 0 aromatic heterocycles. The molecule has 0 radical (unpaired) electrons. The highest BCUT2D eigenvalue weighted by atomic mass is 32.2. The summed E-state index contributed by atoms with van der Waals surface area (Å²) in [6.07, 6.45) is 0. The minimum absolute atomic E-state index is 0.0280. The van der Waals surface area contributed by atoms with Crippen LogP contribution in [0.15, 0.2) is 48.5 Å². The highest BCUT2D eigenvalue weighted by Gasteiger charge is 2.19. The first-order valence-corrected chi connectivity index (χ1v) is 10.2. The molecule has 0 aliphatic heterocycles. The van der Waals surface area contributed by atoms with Gasteiger partial charge in [0.05, 0.1) is 5.75 Å². The molecule has 140 valence electrons. The van der Waals surface area contributed by atoms with Crippen LogP contribution in [0.2, 0.25) is 0 Å². The number of aryl methyl sites for hydroxylation is 1. The van der Waals surface area contributed by atoms with Gasteiger partial charge < -0.3 is 9.08 Å². The second-order valence-corrected chi connectivity index (χ2v) is 8.33. The molecule has 0 bridgehead atoms. The number of benzene rings is 2. The summed E-state index contributed by atoms with van der Waals surface area (Å²) in [6.45, 7) is 7.89. The maximum absolute atomic E-state index is 12.8. The number of nitrogens with zero attached hydrogens (tertiary/aromatic N) is 1. The number of rotatable bonds is 7. The van der Waals surface area contributed by atoms with Crippen LogP contribution in [0, 0.1) is 6.92 Å². The van der Waals surface area contributed by atoms with Crippen molar-refractivity contribution in [3.63, 3.8) is 0 Å². The third-order valence-corrected chi connectivity index (χ3v) is 5.19. The van der Waals surface area contributed by atoms with Gasteiger partial charge in [0.2, 0.25) is 0 Å². The van der Waals surface area contributed by atoms with Crippen LogP contribution in [-0.4, -0.2) is 31.0 Å². The predicted molar refractivity (Wildman–Crippen MR) is 103 cm³/mol. The summed E-state index contributed by atoms with van der Waals surface area (Å²) in [7, 11) is -3.54. The Morgan fingerprint density at radius 2 is 1.62 bits per heavy atom. The van der Waals surface area contributed by atoms with E-state index in [9.17, 15) is 13.2 Å². The van der Waals surface area contributed by atoms with Gasteiger partial charge in [-0.25, -0.2) is 0 Å². The van der Waals surface area contributed by atoms with Gasteiger partial charge in [-0.2, -0.15) is 8.42 Å². The molecule has 0 saturated carbocycles. The predicted octanol–water partition coefficient (Wildman–Crippen LogP) is 3.77. The standard InChI is InChI=1S/C20H25NO4S/c1-5-26(23,24)25-19-12-8-17(9-13-19)14-21(15(2)3)20(22)18-10-6-16(4)7-11-18/h6-13,15H,5,14H2,1-4H3. The molecule has 0 N–H and O–H groups in total. The second-order valence-electron chi connectivity index (χ2n) is 6.47. The molecule has 0 atom stereocenters. The van der Waals surface area contributed by atoms with Crippen molar-refractivity contribution in [1.82, 2.24) is 4.90 Å². The fraction of sp³-hybridized carbons (Fsp3) is 0.350. The van der Waals surface area contributed by atoms with Crippen LogP contribution in [0.25, 0.3) is 0 Å². The first-order valence-electron chi connectivity index (χ1n) is 8.60. The van der Waals surface area contributed by atoms with E-state index in [-0.39, 0.29) is 23.5 Å². The van der Waals surface area contributed by atoms with Gasteiger partial charge in [0.1, 0.15) is 5.75 Å². The molecule has 6 heteroatoms. The average molecular weight is 375 g/mol. The van der Waals surface area contributed by atoms with Gasteiger partial charge in [0.25, 0.3) is 5.91 Å². The van der Waals surface area contributed by atoms with Crippen LogP contribution in [0.3, 0.4) is 0 Å². The Labute approximate surface area is 155 Å². The van der Waals surface area contributed by atoms with Crippen molar-refractivity contribution in [2.45, 2.75) is 40.3 Å². The normalized spacial score (nSPS) is 11.4. The molecule has 0 heterocycles. The second kappa shape index (κ2) is 8.36. The third kappa shape index (κ3) is 5.33. The van der Waals surface area contributed by atoms with E-state index >= 15 is 0 Å². The topological polar surface area (TPSA) is 63.7 Å². The summed E-state index contributed by atoms with van der Waals surface area (Å²) in [5, 5.41) is 0. The summed E-state index contributed by atoms with van der Waals surface area (Å²) in [6, 6.07) is 14.3. The molecule has 2 rings (SSSR count). The van der Waals surface area contributed by atoms with E-state index in [0.29, 0.717) is 12.1 Å². The number of hydrogen-bond acceptors (Lipinski definition) is 4. The van der Waals surface area contributed by atoms with Gasteiger partial charge in [-0.1, -0.05) is 29.8 Å². The summed E-state index contributed by atoms with van der Waals surface area (Å²) in [5.41, 5.74) is 2.66. The molecule has 0 spiro atoms. The van der Waals surface area contributed by atoms with E-state index in [4.69, 9.17) is 4.18 Å². The lowest BCUT2D eigenvalue weighted by molar-refractivity contribution is 0.0690. The Hall–Kier alpha value is -2.34. The molecular weight excluding hydrogens is 350 g/mol. The lowest BCUT2D eigenvalue weighted by Gasteiger charge is -2.27. The van der Waals surface area contributed by atoms with Crippen LogP contribution in [-0.2, 0) is 16.7 Å². The molecule has 5 nitrogen and oxygen atoms in total. The highest BCUT2D eigenvalue weighted by molar-refractivity contribution is 7.87. The quantitative estimate of drug-likeness (QED) is 0.691. The van der Waals surface area contributed by atoms with Crippen LogP contribution in [0.4, 0.5) is 0 Å². The van der Waals surface area contributed by atoms with Crippen LogP contribution in [0.5, 0.6) is 5.75 Å². The highest BCUT2D eigenvalue weighted by Crippen LogP contribution is 2.18. The Morgan fingerprint density at radius 3 is 2.12 bits per heavy atom. The Balaban J connectivity index is 2.14. The Bertz CT molecular complexity index is 840. The molecule has 0 fully saturated rings.